The van der Waals surface area contributed by atoms with E-state index in [-0.39, 0.29) is 12.4 Å². The van der Waals surface area contributed by atoms with E-state index >= 15 is 0 Å². The molecule has 0 aliphatic rings. The summed E-state index contributed by atoms with van der Waals surface area (Å²) in [5.41, 5.74) is 11.5. The molecule has 4 aromatic rings. The zero-order valence-corrected chi connectivity index (χ0v) is 30.9. The fraction of sp³-hybridized carbons (Fsp3) is 0.333. The van der Waals surface area contributed by atoms with Crippen molar-refractivity contribution >= 4 is 24.2 Å². The van der Waals surface area contributed by atoms with E-state index < -0.39 is 35.6 Å². The molecule has 4 rings (SSSR count). The number of para-hydroxylation sites is 1. The van der Waals surface area contributed by atoms with Crippen molar-refractivity contribution in [2.45, 2.75) is 91.9 Å². The molecular weight excluding hydrogens is 646 g/mol. The van der Waals surface area contributed by atoms with E-state index in [2.05, 4.69) is 25.1 Å². The lowest BCUT2D eigenvalue weighted by Gasteiger charge is -2.21. The van der Waals surface area contributed by atoms with Crippen LogP contribution >= 0.6 is 0 Å². The van der Waals surface area contributed by atoms with Crippen molar-refractivity contribution in [1.82, 2.24) is 0 Å². The molecule has 0 aliphatic carbocycles. The Kier molecular flexibility index (Phi) is 16.3. The largest absolute Gasteiger partial charge is 0.481 e. The van der Waals surface area contributed by atoms with Gasteiger partial charge in [0.15, 0.2) is 0 Å². The van der Waals surface area contributed by atoms with Crippen LogP contribution in [0.2, 0.25) is 0 Å². The molecule has 9 heteroatoms. The first-order chi connectivity index (χ1) is 23.8. The minimum Gasteiger partial charge on any atom is -0.481 e. The number of carbonyl (C=O) groups excluding carboxylic acids is 3. The van der Waals surface area contributed by atoms with Gasteiger partial charge in [0.25, 0.3) is 0 Å². The van der Waals surface area contributed by atoms with Gasteiger partial charge in [-0.1, -0.05) is 72.8 Å². The first-order valence-corrected chi connectivity index (χ1v) is 16.7. The Hall–Kier alpha value is -5.28. The predicted octanol–water partition coefficient (Wildman–Crippen LogP) is 8.72. The van der Waals surface area contributed by atoms with Crippen molar-refractivity contribution in [2.24, 2.45) is 5.73 Å². The van der Waals surface area contributed by atoms with E-state index in [1.165, 1.54) is 16.7 Å². The molecule has 0 spiro atoms. The van der Waals surface area contributed by atoms with Crippen LogP contribution in [0.4, 0.5) is 0 Å². The van der Waals surface area contributed by atoms with E-state index in [9.17, 15) is 19.2 Å². The van der Waals surface area contributed by atoms with Gasteiger partial charge in [-0.2, -0.15) is 0 Å². The topological polar surface area (TPSA) is 142 Å². The summed E-state index contributed by atoms with van der Waals surface area (Å²) in [5, 5.41) is 8.18. The van der Waals surface area contributed by atoms with Crippen molar-refractivity contribution in [2.75, 3.05) is 0 Å². The smallest absolute Gasteiger partial charge is 0.317 e. The third kappa shape index (κ3) is 17.3. The molecule has 4 aromatic carbocycles. The zero-order valence-electron chi connectivity index (χ0n) is 30.9. The maximum Gasteiger partial charge on any atom is 0.317 e. The summed E-state index contributed by atoms with van der Waals surface area (Å²) in [6, 6.07) is 31.0. The van der Waals surface area contributed by atoms with Crippen LogP contribution in [0.3, 0.4) is 0 Å². The standard InChI is InChI=1S/C20H25NO3.C15H14O.C7H12O4/c1-14-8-5-6-11-18(14)23-16-10-7-9-15(12-16)17(21)13-19(22)24-20(2,3)4;1-12-5-2-3-8-15(12)10-13-6-4-7-14(9-13)11-16;1-7(2,3)11-6(10)4-5(8)9/h5-12,17H,13,21H2,1-4H3;2-9,11H,10H2,1H3;4H2,1-3H3,(H,8,9). The van der Waals surface area contributed by atoms with Crippen LogP contribution in [0.1, 0.15) is 98.6 Å². The molecule has 272 valence electrons. The molecule has 1 atom stereocenters. The monoisotopic (exact) mass is 697 g/mol. The van der Waals surface area contributed by atoms with Gasteiger partial charge in [-0.15, -0.1) is 0 Å². The van der Waals surface area contributed by atoms with Crippen LogP contribution in [0.25, 0.3) is 0 Å². The van der Waals surface area contributed by atoms with Crippen molar-refractivity contribution in [3.05, 3.63) is 130 Å². The second-order valence-corrected chi connectivity index (χ2v) is 14.0. The number of nitrogens with two attached hydrogens (primary N) is 1. The van der Waals surface area contributed by atoms with Crippen LogP contribution in [0.15, 0.2) is 97.1 Å². The molecule has 0 fully saturated rings. The lowest BCUT2D eigenvalue weighted by molar-refractivity contribution is -0.160. The van der Waals surface area contributed by atoms with E-state index in [4.69, 9.17) is 25.1 Å². The number of benzene rings is 4. The quantitative estimate of drug-likeness (QED) is 0.0945. The summed E-state index contributed by atoms with van der Waals surface area (Å²) in [6.07, 6.45) is 1.33. The number of carbonyl (C=O) groups is 4. The molecule has 9 nitrogen and oxygen atoms in total. The lowest BCUT2D eigenvalue weighted by Crippen LogP contribution is -2.26. The lowest BCUT2D eigenvalue weighted by atomic mass is 10.00. The van der Waals surface area contributed by atoms with Crippen molar-refractivity contribution in [1.29, 1.82) is 0 Å². The first-order valence-electron chi connectivity index (χ1n) is 16.7. The molecule has 0 aliphatic heterocycles. The Labute approximate surface area is 301 Å². The summed E-state index contributed by atoms with van der Waals surface area (Å²) in [5.74, 6) is -0.679. The van der Waals surface area contributed by atoms with Gasteiger partial charge in [0.2, 0.25) is 0 Å². The summed E-state index contributed by atoms with van der Waals surface area (Å²) in [4.78, 5) is 43.3. The summed E-state index contributed by atoms with van der Waals surface area (Å²) in [6.45, 7) is 14.7. The Balaban J connectivity index is 0.000000288. The van der Waals surface area contributed by atoms with Gasteiger partial charge >= 0.3 is 17.9 Å². The maximum atomic E-state index is 11.9. The average Bonchev–Trinajstić information content (AvgIpc) is 3.02. The predicted molar refractivity (Wildman–Crippen MR) is 199 cm³/mol. The van der Waals surface area contributed by atoms with Gasteiger partial charge in [0, 0.05) is 11.6 Å². The second-order valence-electron chi connectivity index (χ2n) is 14.0. The molecule has 3 N–H and O–H groups in total. The minimum absolute atomic E-state index is 0.130. The molecule has 0 aromatic heterocycles. The van der Waals surface area contributed by atoms with Gasteiger partial charge in [-0.05, 0) is 114 Å². The van der Waals surface area contributed by atoms with E-state index in [0.717, 1.165) is 35.1 Å². The third-order valence-corrected chi connectivity index (χ3v) is 6.87. The number of esters is 2. The SMILES string of the molecule is CC(C)(C)OC(=O)CC(=O)O.Cc1ccccc1Cc1cccc(C=O)c1.Cc1ccccc1Oc1cccc(C(N)CC(=O)OC(C)(C)C)c1. The summed E-state index contributed by atoms with van der Waals surface area (Å²) >= 11 is 0. The molecule has 0 heterocycles. The van der Waals surface area contributed by atoms with Gasteiger partial charge < -0.3 is 25.1 Å². The normalized spacial score (nSPS) is 11.4. The number of ether oxygens (including phenoxy) is 3. The fourth-order valence-electron chi connectivity index (χ4n) is 4.59. The molecule has 0 radical (unpaired) electrons. The van der Waals surface area contributed by atoms with Gasteiger partial charge in [0.1, 0.15) is 35.4 Å². The number of carboxylic acids is 1. The first kappa shape index (κ1) is 41.9. The Morgan fingerprint density at radius 2 is 1.33 bits per heavy atom. The summed E-state index contributed by atoms with van der Waals surface area (Å²) in [7, 11) is 0. The van der Waals surface area contributed by atoms with E-state index in [1.807, 2.05) is 107 Å². The van der Waals surface area contributed by atoms with E-state index in [0.29, 0.717) is 5.75 Å². The van der Waals surface area contributed by atoms with Crippen molar-refractivity contribution in [3.8, 4) is 11.5 Å². The highest BCUT2D eigenvalue weighted by atomic mass is 16.6. The number of carboxylic acid groups (broad SMARTS) is 1. The van der Waals surface area contributed by atoms with Gasteiger partial charge in [0.05, 0.1) is 6.42 Å². The number of rotatable bonds is 10. The number of aldehydes is 1. The Morgan fingerprint density at radius 3 is 1.92 bits per heavy atom. The van der Waals surface area contributed by atoms with Crippen LogP contribution in [-0.4, -0.2) is 40.5 Å². The third-order valence-electron chi connectivity index (χ3n) is 6.87. The van der Waals surface area contributed by atoms with E-state index in [1.54, 1.807) is 20.8 Å². The van der Waals surface area contributed by atoms with Gasteiger partial charge in [-0.25, -0.2) is 0 Å². The zero-order chi connectivity index (χ0) is 38.2. The number of hydrogen-bond acceptors (Lipinski definition) is 8. The highest BCUT2D eigenvalue weighted by molar-refractivity contribution is 5.90. The molecule has 51 heavy (non-hydrogen) atoms. The Bertz CT molecular complexity index is 1750. The van der Waals surface area contributed by atoms with Crippen LogP contribution in [0, 0.1) is 13.8 Å². The number of hydrogen-bond donors (Lipinski definition) is 2. The molecule has 0 saturated heterocycles. The minimum atomic E-state index is -1.17. The van der Waals surface area contributed by atoms with Gasteiger partial charge in [-0.3, -0.25) is 19.2 Å². The van der Waals surface area contributed by atoms with Crippen LogP contribution in [-0.2, 0) is 30.3 Å². The molecule has 0 saturated carbocycles. The average molecular weight is 698 g/mol. The van der Waals surface area contributed by atoms with Crippen molar-refractivity contribution < 1.29 is 38.5 Å². The molecule has 0 amide bonds. The maximum absolute atomic E-state index is 11.9. The highest BCUT2D eigenvalue weighted by Crippen LogP contribution is 2.27. The highest BCUT2D eigenvalue weighted by Gasteiger charge is 2.20. The number of aliphatic carboxylic acids is 1. The molecule has 1 unspecified atom stereocenters. The van der Waals surface area contributed by atoms with Crippen molar-refractivity contribution in [3.63, 3.8) is 0 Å². The summed E-state index contributed by atoms with van der Waals surface area (Å²) < 4.78 is 16.0. The fourth-order valence-corrected chi connectivity index (χ4v) is 4.59. The second kappa shape index (κ2) is 19.8. The van der Waals surface area contributed by atoms with Crippen LogP contribution in [0.5, 0.6) is 11.5 Å². The molecule has 0 bridgehead atoms. The number of aryl methyl sites for hydroxylation is 2. The Morgan fingerprint density at radius 1 is 0.745 bits per heavy atom. The molecular formula is C42H51NO8. The van der Waals surface area contributed by atoms with Crippen LogP contribution < -0.4 is 10.5 Å².